The number of aromatic nitrogens is 1. The smallest absolute Gasteiger partial charge is 0.0559 e. The summed E-state index contributed by atoms with van der Waals surface area (Å²) in [6.07, 6.45) is 4.51. The van der Waals surface area contributed by atoms with E-state index >= 15 is 0 Å². The summed E-state index contributed by atoms with van der Waals surface area (Å²) in [4.78, 5) is 4.51. The highest BCUT2D eigenvalue weighted by molar-refractivity contribution is 5.30. The van der Waals surface area contributed by atoms with Gasteiger partial charge in [-0.05, 0) is 30.4 Å². The first-order valence-electron chi connectivity index (χ1n) is 5.63. The van der Waals surface area contributed by atoms with Crippen molar-refractivity contribution in [3.63, 3.8) is 0 Å². The van der Waals surface area contributed by atoms with E-state index in [1.807, 2.05) is 6.20 Å². The Labute approximate surface area is 91.7 Å². The zero-order valence-electron chi connectivity index (χ0n) is 9.79. The van der Waals surface area contributed by atoms with Crippen molar-refractivity contribution in [1.82, 2.24) is 4.98 Å². The summed E-state index contributed by atoms with van der Waals surface area (Å²) in [5.74, 6) is 0.511. The van der Waals surface area contributed by atoms with Gasteiger partial charge in [0.15, 0.2) is 0 Å². The molecule has 82 valence electrons. The van der Waals surface area contributed by atoms with Gasteiger partial charge in [0.25, 0.3) is 0 Å². The molecule has 0 amide bonds. The van der Waals surface area contributed by atoms with Crippen LogP contribution in [0.5, 0.6) is 0 Å². The monoisotopic (exact) mass is 205 g/mol. The summed E-state index contributed by atoms with van der Waals surface area (Å²) in [7, 11) is 1.77. The van der Waals surface area contributed by atoms with Gasteiger partial charge in [-0.25, -0.2) is 0 Å². The molecule has 15 heavy (non-hydrogen) atoms. The number of hydrogen-bond acceptors (Lipinski definition) is 2. The van der Waals surface area contributed by atoms with Crippen LogP contribution in [0.1, 0.15) is 43.9 Å². The molecule has 1 aliphatic rings. The van der Waals surface area contributed by atoms with Crippen molar-refractivity contribution >= 4 is 0 Å². The van der Waals surface area contributed by atoms with Crippen molar-refractivity contribution < 1.29 is 4.74 Å². The lowest BCUT2D eigenvalue weighted by Gasteiger charge is -2.14. The van der Waals surface area contributed by atoms with Gasteiger partial charge in [0.05, 0.1) is 6.61 Å². The second-order valence-corrected chi connectivity index (χ2v) is 4.84. The summed E-state index contributed by atoms with van der Waals surface area (Å²) in [6.45, 7) is 5.17. The summed E-state index contributed by atoms with van der Waals surface area (Å²) in [6, 6.07) is 4.37. The molecule has 2 nitrogen and oxygen atoms in total. The van der Waals surface area contributed by atoms with Gasteiger partial charge in [0.1, 0.15) is 0 Å². The minimum Gasteiger partial charge on any atom is -0.384 e. The Hall–Kier alpha value is -0.890. The number of ether oxygens (including phenoxy) is 1. The van der Waals surface area contributed by atoms with Crippen molar-refractivity contribution in [3.8, 4) is 0 Å². The molecule has 0 aromatic carbocycles. The van der Waals surface area contributed by atoms with Gasteiger partial charge in [-0.2, -0.15) is 0 Å². The Morgan fingerprint density at radius 2 is 2.13 bits per heavy atom. The molecule has 2 heteroatoms. The van der Waals surface area contributed by atoms with E-state index in [1.54, 1.807) is 7.11 Å². The van der Waals surface area contributed by atoms with Crippen LogP contribution in [0, 0.1) is 0 Å². The molecular formula is C13H19NO. The van der Waals surface area contributed by atoms with E-state index in [1.165, 1.54) is 24.1 Å². The number of methoxy groups -OCH3 is 1. The summed E-state index contributed by atoms with van der Waals surface area (Å²) < 4.78 is 5.27. The maximum Gasteiger partial charge on any atom is 0.0559 e. The first kappa shape index (κ1) is 10.6. The molecule has 1 aromatic rings. The molecule has 0 atom stereocenters. The van der Waals surface area contributed by atoms with E-state index in [0.717, 1.165) is 6.61 Å². The average molecular weight is 205 g/mol. The molecule has 1 aromatic heterocycles. The highest BCUT2D eigenvalue weighted by Gasteiger charge is 2.44. The second kappa shape index (κ2) is 3.93. The van der Waals surface area contributed by atoms with Gasteiger partial charge in [-0.15, -0.1) is 0 Å². The van der Waals surface area contributed by atoms with Gasteiger partial charge in [-0.1, -0.05) is 19.9 Å². The van der Waals surface area contributed by atoms with Crippen LogP contribution in [0.4, 0.5) is 0 Å². The molecule has 0 spiro atoms. The van der Waals surface area contributed by atoms with E-state index in [-0.39, 0.29) is 5.41 Å². The molecule has 0 N–H and O–H groups in total. The third kappa shape index (κ3) is 2.05. The van der Waals surface area contributed by atoms with Gasteiger partial charge >= 0.3 is 0 Å². The van der Waals surface area contributed by atoms with E-state index in [0.29, 0.717) is 5.92 Å². The maximum absolute atomic E-state index is 5.27. The summed E-state index contributed by atoms with van der Waals surface area (Å²) >= 11 is 0. The molecule has 1 aliphatic carbocycles. The molecule has 0 unspecified atom stereocenters. The van der Waals surface area contributed by atoms with Gasteiger partial charge in [-0.3, -0.25) is 4.98 Å². The number of rotatable bonds is 4. The Bertz CT molecular complexity index is 325. The fourth-order valence-corrected chi connectivity index (χ4v) is 2.00. The Balaban J connectivity index is 2.17. The van der Waals surface area contributed by atoms with E-state index in [9.17, 15) is 0 Å². The van der Waals surface area contributed by atoms with Crippen LogP contribution in [0.2, 0.25) is 0 Å². The molecule has 0 radical (unpaired) electrons. The van der Waals surface area contributed by atoms with Crippen LogP contribution in [0.25, 0.3) is 0 Å². The SMILES string of the molecule is COCC1(c2ccc(C(C)C)nc2)CC1. The van der Waals surface area contributed by atoms with Crippen LogP contribution in [0.15, 0.2) is 18.3 Å². The van der Waals surface area contributed by atoms with Crippen LogP contribution in [-0.4, -0.2) is 18.7 Å². The van der Waals surface area contributed by atoms with Gasteiger partial charge in [0.2, 0.25) is 0 Å². The topological polar surface area (TPSA) is 22.1 Å². The van der Waals surface area contributed by atoms with Crippen LogP contribution in [0.3, 0.4) is 0 Å². The van der Waals surface area contributed by atoms with Crippen molar-refractivity contribution in [3.05, 3.63) is 29.6 Å². The standard InChI is InChI=1S/C13H19NO/c1-10(2)12-5-4-11(8-14-12)13(6-7-13)9-15-3/h4-5,8,10H,6-7,9H2,1-3H3. The molecule has 1 saturated carbocycles. The lowest BCUT2D eigenvalue weighted by atomic mass is 9.98. The largest absolute Gasteiger partial charge is 0.384 e. The minimum absolute atomic E-state index is 0.289. The van der Waals surface area contributed by atoms with Crippen LogP contribution >= 0.6 is 0 Å². The maximum atomic E-state index is 5.27. The zero-order chi connectivity index (χ0) is 10.9. The normalized spacial score (nSPS) is 18.1. The predicted molar refractivity (Wildman–Crippen MR) is 61.1 cm³/mol. The first-order chi connectivity index (χ1) is 7.18. The zero-order valence-corrected chi connectivity index (χ0v) is 9.79. The van der Waals surface area contributed by atoms with E-state index in [4.69, 9.17) is 4.74 Å². The quantitative estimate of drug-likeness (QED) is 0.754. The molecule has 1 heterocycles. The van der Waals surface area contributed by atoms with Crippen molar-refractivity contribution in [2.45, 2.75) is 38.0 Å². The molecular weight excluding hydrogens is 186 g/mol. The molecule has 0 saturated heterocycles. The Kier molecular flexibility index (Phi) is 2.79. The first-order valence-corrected chi connectivity index (χ1v) is 5.63. The lowest BCUT2D eigenvalue weighted by molar-refractivity contribution is 0.171. The summed E-state index contributed by atoms with van der Waals surface area (Å²) in [5.41, 5.74) is 2.80. The fraction of sp³-hybridized carbons (Fsp3) is 0.615. The third-order valence-electron chi connectivity index (χ3n) is 3.26. The number of nitrogens with zero attached hydrogens (tertiary/aromatic N) is 1. The number of hydrogen-bond donors (Lipinski definition) is 0. The van der Waals surface area contributed by atoms with E-state index < -0.39 is 0 Å². The van der Waals surface area contributed by atoms with Crippen molar-refractivity contribution in [1.29, 1.82) is 0 Å². The highest BCUT2D eigenvalue weighted by Crippen LogP contribution is 2.48. The third-order valence-corrected chi connectivity index (χ3v) is 3.26. The predicted octanol–water partition coefficient (Wildman–Crippen LogP) is 2.88. The Morgan fingerprint density at radius 3 is 2.53 bits per heavy atom. The lowest BCUT2D eigenvalue weighted by Crippen LogP contribution is -2.14. The minimum atomic E-state index is 0.289. The van der Waals surface area contributed by atoms with Crippen LogP contribution in [-0.2, 0) is 10.2 Å². The molecule has 1 fully saturated rings. The highest BCUT2D eigenvalue weighted by atomic mass is 16.5. The number of pyridine rings is 1. The molecule has 0 aliphatic heterocycles. The van der Waals surface area contributed by atoms with Crippen molar-refractivity contribution in [2.24, 2.45) is 0 Å². The second-order valence-electron chi connectivity index (χ2n) is 4.84. The van der Waals surface area contributed by atoms with E-state index in [2.05, 4.69) is 31.0 Å². The van der Waals surface area contributed by atoms with Gasteiger partial charge < -0.3 is 4.74 Å². The molecule has 2 rings (SSSR count). The van der Waals surface area contributed by atoms with Gasteiger partial charge in [0, 0.05) is 24.4 Å². The summed E-state index contributed by atoms with van der Waals surface area (Å²) in [5, 5.41) is 0. The molecule has 0 bridgehead atoms. The Morgan fingerprint density at radius 1 is 1.40 bits per heavy atom. The average Bonchev–Trinajstić information content (AvgIpc) is 3.00. The van der Waals surface area contributed by atoms with Crippen molar-refractivity contribution in [2.75, 3.05) is 13.7 Å². The van der Waals surface area contributed by atoms with Crippen LogP contribution < -0.4 is 0 Å². The fourth-order valence-electron chi connectivity index (χ4n) is 2.00.